The number of benzene rings is 1. The van der Waals surface area contributed by atoms with Crippen LogP contribution in [0.5, 0.6) is 0 Å². The maximum atomic E-state index is 5.96. The molecule has 0 spiro atoms. The quantitative estimate of drug-likeness (QED) is 0.571. The predicted molar refractivity (Wildman–Crippen MR) is 85.7 cm³/mol. The molecule has 2 aromatic heterocycles. The van der Waals surface area contributed by atoms with E-state index in [0.29, 0.717) is 10.8 Å². The van der Waals surface area contributed by atoms with Gasteiger partial charge in [-0.2, -0.15) is 0 Å². The number of hydrogen-bond acceptors (Lipinski definition) is 4. The van der Waals surface area contributed by atoms with Gasteiger partial charge in [0, 0.05) is 29.2 Å². The van der Waals surface area contributed by atoms with Crippen molar-refractivity contribution in [2.24, 2.45) is 5.84 Å². The van der Waals surface area contributed by atoms with Crippen molar-refractivity contribution < 1.29 is 0 Å². The minimum absolute atomic E-state index is 0.619. The number of pyridine rings is 2. The van der Waals surface area contributed by atoms with Crippen molar-refractivity contribution in [1.29, 1.82) is 0 Å². The van der Waals surface area contributed by atoms with Gasteiger partial charge in [0.25, 0.3) is 0 Å². The van der Waals surface area contributed by atoms with E-state index < -0.39 is 0 Å². The number of nitrogens with two attached hydrogens (primary N) is 1. The van der Waals surface area contributed by atoms with Crippen molar-refractivity contribution in [2.45, 2.75) is 0 Å². The number of anilines is 1. The average Bonchev–Trinajstić information content (AvgIpc) is 2.55. The third-order valence-corrected chi connectivity index (χ3v) is 3.46. The third kappa shape index (κ3) is 2.72. The molecule has 1 aromatic carbocycles. The van der Waals surface area contributed by atoms with Crippen molar-refractivity contribution in [3.63, 3.8) is 0 Å². The summed E-state index contributed by atoms with van der Waals surface area (Å²) in [7, 11) is 0. The number of hydrazine groups is 1. The molecule has 0 aliphatic heterocycles. The molecule has 4 nitrogen and oxygen atoms in total. The number of nitrogens with zero attached hydrogens (tertiary/aromatic N) is 2. The molecule has 3 rings (SSSR count). The van der Waals surface area contributed by atoms with Crippen LogP contribution in [-0.4, -0.2) is 9.97 Å². The second-order valence-electron chi connectivity index (χ2n) is 4.47. The fourth-order valence-corrected chi connectivity index (χ4v) is 2.38. The van der Waals surface area contributed by atoms with E-state index in [1.807, 2.05) is 42.5 Å². The Morgan fingerprint density at radius 1 is 0.857 bits per heavy atom. The average molecular weight is 297 g/mol. The predicted octanol–water partition coefficient (Wildman–Crippen LogP) is 3.75. The second kappa shape index (κ2) is 5.91. The summed E-state index contributed by atoms with van der Waals surface area (Å²) in [6.07, 6.45) is 5.21. The van der Waals surface area contributed by atoms with Crippen LogP contribution in [0, 0.1) is 0 Å². The van der Waals surface area contributed by atoms with Crippen molar-refractivity contribution in [1.82, 2.24) is 9.97 Å². The Labute approximate surface area is 127 Å². The van der Waals surface area contributed by atoms with E-state index in [0.717, 1.165) is 22.3 Å². The maximum Gasteiger partial charge on any atom is 0.148 e. The highest BCUT2D eigenvalue weighted by Gasteiger charge is 2.13. The van der Waals surface area contributed by atoms with Crippen LogP contribution in [0.3, 0.4) is 0 Å². The van der Waals surface area contributed by atoms with E-state index in [4.69, 9.17) is 17.4 Å². The highest BCUT2D eigenvalue weighted by atomic mass is 35.5. The fourth-order valence-electron chi connectivity index (χ4n) is 2.25. The molecule has 3 N–H and O–H groups in total. The summed E-state index contributed by atoms with van der Waals surface area (Å²) in [6, 6.07) is 13.5. The number of nitrogens with one attached hydrogen (secondary N) is 1. The molecule has 0 saturated carbocycles. The van der Waals surface area contributed by atoms with E-state index in [9.17, 15) is 0 Å². The van der Waals surface area contributed by atoms with Crippen molar-refractivity contribution >= 4 is 17.4 Å². The second-order valence-corrected chi connectivity index (χ2v) is 4.91. The first-order chi connectivity index (χ1) is 10.3. The molecule has 0 bridgehead atoms. The van der Waals surface area contributed by atoms with Crippen LogP contribution >= 0.6 is 11.6 Å². The lowest BCUT2D eigenvalue weighted by molar-refractivity contribution is 1.23. The molecular weight excluding hydrogens is 284 g/mol. The minimum Gasteiger partial charge on any atom is -0.308 e. The molecule has 0 amide bonds. The van der Waals surface area contributed by atoms with E-state index in [2.05, 4.69) is 15.4 Å². The van der Waals surface area contributed by atoms with E-state index in [1.165, 1.54) is 0 Å². The minimum atomic E-state index is 0.619. The lowest BCUT2D eigenvalue weighted by Crippen LogP contribution is -2.10. The maximum absolute atomic E-state index is 5.96. The number of hydrogen-bond donors (Lipinski definition) is 2. The van der Waals surface area contributed by atoms with Gasteiger partial charge in [-0.15, -0.1) is 0 Å². The summed E-state index contributed by atoms with van der Waals surface area (Å²) in [4.78, 5) is 8.35. The Morgan fingerprint density at radius 2 is 1.57 bits per heavy atom. The van der Waals surface area contributed by atoms with Crippen molar-refractivity contribution in [2.75, 3.05) is 5.43 Å². The summed E-state index contributed by atoms with van der Waals surface area (Å²) in [5.41, 5.74) is 6.66. The molecule has 2 heterocycles. The molecule has 0 radical (unpaired) electrons. The molecule has 0 aliphatic rings. The van der Waals surface area contributed by atoms with Gasteiger partial charge in [-0.05, 0) is 47.0 Å². The highest BCUT2D eigenvalue weighted by Crippen LogP contribution is 2.36. The molecule has 104 valence electrons. The largest absolute Gasteiger partial charge is 0.308 e. The Bertz CT molecular complexity index is 742. The Morgan fingerprint density at radius 3 is 2.24 bits per heavy atom. The lowest BCUT2D eigenvalue weighted by Gasteiger charge is -2.14. The monoisotopic (exact) mass is 296 g/mol. The number of rotatable bonds is 3. The fraction of sp³-hybridized carbons (Fsp3) is 0. The van der Waals surface area contributed by atoms with Gasteiger partial charge in [0.2, 0.25) is 0 Å². The molecule has 0 unspecified atom stereocenters. The van der Waals surface area contributed by atoms with Crippen LogP contribution in [0.25, 0.3) is 22.3 Å². The topological polar surface area (TPSA) is 63.8 Å². The Balaban J connectivity index is 2.23. The van der Waals surface area contributed by atoms with Gasteiger partial charge in [-0.1, -0.05) is 23.7 Å². The highest BCUT2D eigenvalue weighted by molar-refractivity contribution is 6.30. The van der Waals surface area contributed by atoms with Crippen LogP contribution in [0.15, 0.2) is 61.1 Å². The molecule has 0 fully saturated rings. The van der Waals surface area contributed by atoms with Crippen LogP contribution in [-0.2, 0) is 0 Å². The zero-order valence-electron chi connectivity index (χ0n) is 11.1. The summed E-state index contributed by atoms with van der Waals surface area (Å²) in [5.74, 6) is 6.23. The smallest absolute Gasteiger partial charge is 0.148 e. The Hall–Kier alpha value is -2.43. The first kappa shape index (κ1) is 13.5. The summed E-state index contributed by atoms with van der Waals surface area (Å²) in [5, 5.41) is 0.704. The number of nitrogen functional groups attached to an aromatic ring is 1. The zero-order chi connectivity index (χ0) is 14.7. The SMILES string of the molecule is NNc1nccc(-c2ccc(Cl)cc2)c1-c1ccncc1. The van der Waals surface area contributed by atoms with Crippen LogP contribution in [0.1, 0.15) is 0 Å². The molecule has 21 heavy (non-hydrogen) atoms. The molecular formula is C16H13ClN4. The van der Waals surface area contributed by atoms with Gasteiger partial charge in [0.1, 0.15) is 5.82 Å². The van der Waals surface area contributed by atoms with E-state index in [1.54, 1.807) is 18.6 Å². The van der Waals surface area contributed by atoms with Gasteiger partial charge in [-0.25, -0.2) is 10.8 Å². The molecule has 3 aromatic rings. The Kier molecular flexibility index (Phi) is 3.81. The van der Waals surface area contributed by atoms with Crippen LogP contribution in [0.4, 0.5) is 5.82 Å². The molecule has 0 saturated heterocycles. The summed E-state index contributed by atoms with van der Waals surface area (Å²) >= 11 is 5.96. The van der Waals surface area contributed by atoms with Gasteiger partial charge in [0.05, 0.1) is 0 Å². The van der Waals surface area contributed by atoms with Gasteiger partial charge in [0.15, 0.2) is 0 Å². The first-order valence-corrected chi connectivity index (χ1v) is 6.79. The van der Waals surface area contributed by atoms with Gasteiger partial charge < -0.3 is 5.43 Å². The van der Waals surface area contributed by atoms with Crippen molar-refractivity contribution in [3.05, 3.63) is 66.1 Å². The van der Waals surface area contributed by atoms with Crippen molar-refractivity contribution in [3.8, 4) is 22.3 Å². The van der Waals surface area contributed by atoms with Crippen LogP contribution in [0.2, 0.25) is 5.02 Å². The first-order valence-electron chi connectivity index (χ1n) is 6.41. The van der Waals surface area contributed by atoms with Crippen LogP contribution < -0.4 is 11.3 Å². The van der Waals surface area contributed by atoms with E-state index in [-0.39, 0.29) is 0 Å². The van der Waals surface area contributed by atoms with Gasteiger partial charge >= 0.3 is 0 Å². The molecule has 0 atom stereocenters. The summed E-state index contributed by atoms with van der Waals surface area (Å²) < 4.78 is 0. The molecule has 5 heteroatoms. The molecule has 0 aliphatic carbocycles. The van der Waals surface area contributed by atoms with Gasteiger partial charge in [-0.3, -0.25) is 4.98 Å². The number of aromatic nitrogens is 2. The zero-order valence-corrected chi connectivity index (χ0v) is 11.9. The normalized spacial score (nSPS) is 10.4. The number of halogens is 1. The third-order valence-electron chi connectivity index (χ3n) is 3.21. The standard InChI is InChI=1S/C16H13ClN4/c17-13-3-1-11(2-4-13)14-7-10-20-16(21-18)15(14)12-5-8-19-9-6-12/h1-10H,18H2,(H,20,21). The lowest BCUT2D eigenvalue weighted by atomic mass is 9.96. The van der Waals surface area contributed by atoms with E-state index >= 15 is 0 Å². The summed E-state index contributed by atoms with van der Waals surface area (Å²) in [6.45, 7) is 0.